The number of fused-ring (bicyclic) bond motifs is 1. The molecule has 0 bridgehead atoms. The van der Waals surface area contributed by atoms with E-state index in [1.54, 1.807) is 25.1 Å². The van der Waals surface area contributed by atoms with E-state index in [0.717, 1.165) is 12.0 Å². The molecule has 2 heterocycles. The summed E-state index contributed by atoms with van der Waals surface area (Å²) in [6, 6.07) is 13.9. The van der Waals surface area contributed by atoms with Crippen LogP contribution in [0.1, 0.15) is 28.8 Å². The van der Waals surface area contributed by atoms with Crippen LogP contribution in [0.2, 0.25) is 0 Å². The number of rotatable bonds is 5. The van der Waals surface area contributed by atoms with E-state index >= 15 is 0 Å². The van der Waals surface area contributed by atoms with Crippen molar-refractivity contribution in [3.63, 3.8) is 0 Å². The third-order valence-electron chi connectivity index (χ3n) is 5.67. The Kier molecular flexibility index (Phi) is 5.68. The Balaban J connectivity index is 1.68. The molecule has 4 rings (SSSR count). The monoisotopic (exact) mass is 440 g/mol. The highest BCUT2D eigenvalue weighted by Gasteiger charge is 2.31. The molecule has 0 spiro atoms. The molecule has 3 aromatic rings. The molecule has 1 atom stereocenters. The minimum absolute atomic E-state index is 0.186. The fourth-order valence-corrected chi connectivity index (χ4v) is 5.29. The molecule has 31 heavy (non-hydrogen) atoms. The lowest BCUT2D eigenvalue weighted by Gasteiger charge is -2.22. The van der Waals surface area contributed by atoms with Crippen molar-refractivity contribution in [1.29, 1.82) is 0 Å². The molecular weight excluding hydrogens is 416 g/mol. The van der Waals surface area contributed by atoms with E-state index in [-0.39, 0.29) is 29.2 Å². The quantitative estimate of drug-likeness (QED) is 0.658. The fourth-order valence-electron chi connectivity index (χ4n) is 4.11. The molecule has 1 N–H and O–H groups in total. The topological polar surface area (TPSA) is 96.7 Å². The van der Waals surface area contributed by atoms with Gasteiger partial charge in [0.25, 0.3) is 5.91 Å². The number of hydrogen-bond acceptors (Lipinski definition) is 5. The third-order valence-corrected chi connectivity index (χ3v) is 7.01. The normalized spacial score (nSPS) is 17.2. The van der Waals surface area contributed by atoms with Gasteiger partial charge in [-0.05, 0) is 31.9 Å². The molecule has 0 aliphatic carbocycles. The zero-order valence-corrected chi connectivity index (χ0v) is 18.2. The maximum atomic E-state index is 13.0. The summed E-state index contributed by atoms with van der Waals surface area (Å²) in [5.74, 6) is 0.0226. The van der Waals surface area contributed by atoms with Gasteiger partial charge in [-0.15, -0.1) is 0 Å². The van der Waals surface area contributed by atoms with Gasteiger partial charge in [-0.3, -0.25) is 9.59 Å². The number of amides is 1. The summed E-state index contributed by atoms with van der Waals surface area (Å²) in [5.41, 5.74) is 1.51. The number of para-hydroxylation sites is 1. The molecule has 8 heteroatoms. The first-order valence-corrected chi connectivity index (χ1v) is 12.0. The smallest absolute Gasteiger partial charge is 0.255 e. The Hall–Kier alpha value is -2.97. The lowest BCUT2D eigenvalue weighted by Crippen LogP contribution is -2.42. The number of sulfonamides is 1. The number of benzene rings is 2. The van der Waals surface area contributed by atoms with Gasteiger partial charge in [-0.25, -0.2) is 8.42 Å². The highest BCUT2D eigenvalue weighted by molar-refractivity contribution is 7.88. The molecule has 7 nitrogen and oxygen atoms in total. The summed E-state index contributed by atoms with van der Waals surface area (Å²) in [7, 11) is -3.32. The largest absolute Gasteiger partial charge is 0.455 e. The molecular formula is C23H24N2O5S. The third kappa shape index (κ3) is 4.13. The first kappa shape index (κ1) is 21.3. The van der Waals surface area contributed by atoms with Gasteiger partial charge in [0.2, 0.25) is 10.0 Å². The van der Waals surface area contributed by atoms with Gasteiger partial charge in [0.15, 0.2) is 11.0 Å². The van der Waals surface area contributed by atoms with Crippen LogP contribution in [-0.4, -0.2) is 44.0 Å². The number of hydrogen-bond donors (Lipinski definition) is 1. The lowest BCUT2D eigenvalue weighted by atomic mass is 10.0. The molecule has 1 amide bonds. The average Bonchev–Trinajstić information content (AvgIpc) is 3.24. The van der Waals surface area contributed by atoms with Gasteiger partial charge >= 0.3 is 0 Å². The van der Waals surface area contributed by atoms with E-state index in [1.807, 2.05) is 30.3 Å². The van der Waals surface area contributed by atoms with E-state index < -0.39 is 15.9 Å². The zero-order valence-electron chi connectivity index (χ0n) is 17.4. The summed E-state index contributed by atoms with van der Waals surface area (Å²) in [6.07, 6.45) is 2.63. The van der Waals surface area contributed by atoms with Crippen molar-refractivity contribution in [3.8, 4) is 11.3 Å². The molecule has 1 aromatic heterocycles. The number of carbonyl (C=O) groups is 1. The highest BCUT2D eigenvalue weighted by Crippen LogP contribution is 2.27. The summed E-state index contributed by atoms with van der Waals surface area (Å²) in [5, 5.41) is 3.16. The molecule has 2 aromatic carbocycles. The molecule has 1 aliphatic rings. The minimum Gasteiger partial charge on any atom is -0.455 e. The predicted molar refractivity (Wildman–Crippen MR) is 120 cm³/mol. The molecule has 0 unspecified atom stereocenters. The fraction of sp³-hybridized carbons (Fsp3) is 0.304. The van der Waals surface area contributed by atoms with Crippen molar-refractivity contribution in [1.82, 2.24) is 9.62 Å². The van der Waals surface area contributed by atoms with Crippen LogP contribution in [0, 0.1) is 6.92 Å². The van der Waals surface area contributed by atoms with Gasteiger partial charge < -0.3 is 9.73 Å². The van der Waals surface area contributed by atoms with E-state index in [9.17, 15) is 18.0 Å². The van der Waals surface area contributed by atoms with Crippen molar-refractivity contribution in [2.75, 3.05) is 19.3 Å². The highest BCUT2D eigenvalue weighted by atomic mass is 32.2. The Morgan fingerprint density at radius 2 is 1.90 bits per heavy atom. The number of carbonyl (C=O) groups excluding carboxylic acids is 1. The first-order valence-electron chi connectivity index (χ1n) is 10.1. The average molecular weight is 441 g/mol. The number of nitrogens with one attached hydrogen (secondary N) is 1. The molecule has 1 aliphatic heterocycles. The standard InChI is InChI=1S/C23H24N2O5S/c1-15-20(26)18-11-6-12-19(22(18)30-21(15)16-8-4-3-5-9-16)23(27)24-14-17-10-7-13-25(17)31(2,28)29/h3-6,8-9,11-12,17H,7,10,13-14H2,1-2H3,(H,24,27)/t17-/m1/s1. The summed E-state index contributed by atoms with van der Waals surface area (Å²) >= 11 is 0. The van der Waals surface area contributed by atoms with Crippen molar-refractivity contribution in [3.05, 3.63) is 69.9 Å². The lowest BCUT2D eigenvalue weighted by molar-refractivity contribution is 0.0947. The Morgan fingerprint density at radius 1 is 1.16 bits per heavy atom. The molecule has 1 saturated heterocycles. The van der Waals surface area contributed by atoms with Gasteiger partial charge in [0.1, 0.15) is 5.76 Å². The summed E-state index contributed by atoms with van der Waals surface area (Å²) in [4.78, 5) is 25.9. The molecule has 1 fully saturated rings. The van der Waals surface area contributed by atoms with Crippen LogP contribution in [0.5, 0.6) is 0 Å². The van der Waals surface area contributed by atoms with Crippen LogP contribution in [-0.2, 0) is 10.0 Å². The van der Waals surface area contributed by atoms with E-state index in [2.05, 4.69) is 5.32 Å². The molecule has 0 saturated carbocycles. The number of nitrogens with zero attached hydrogens (tertiary/aromatic N) is 1. The second kappa shape index (κ2) is 8.28. The summed E-state index contributed by atoms with van der Waals surface area (Å²) < 4.78 is 31.4. The van der Waals surface area contributed by atoms with Crippen molar-refractivity contribution >= 4 is 26.9 Å². The predicted octanol–water partition coefficient (Wildman–Crippen LogP) is 2.92. The second-order valence-electron chi connectivity index (χ2n) is 7.81. The zero-order chi connectivity index (χ0) is 22.2. The minimum atomic E-state index is -3.32. The first-order chi connectivity index (χ1) is 14.8. The van der Waals surface area contributed by atoms with Gasteiger partial charge in [0, 0.05) is 30.3 Å². The van der Waals surface area contributed by atoms with E-state index in [0.29, 0.717) is 29.7 Å². The van der Waals surface area contributed by atoms with Crippen molar-refractivity contribution in [2.24, 2.45) is 0 Å². The van der Waals surface area contributed by atoms with Crippen LogP contribution in [0.25, 0.3) is 22.3 Å². The van der Waals surface area contributed by atoms with Gasteiger partial charge in [-0.1, -0.05) is 36.4 Å². The van der Waals surface area contributed by atoms with Gasteiger partial charge in [0.05, 0.1) is 17.2 Å². The Bertz CT molecular complexity index is 1300. The van der Waals surface area contributed by atoms with Crippen LogP contribution < -0.4 is 10.7 Å². The van der Waals surface area contributed by atoms with Gasteiger partial charge in [-0.2, -0.15) is 4.31 Å². The Morgan fingerprint density at radius 3 is 2.61 bits per heavy atom. The van der Waals surface area contributed by atoms with E-state index in [4.69, 9.17) is 4.42 Å². The van der Waals surface area contributed by atoms with Crippen LogP contribution in [0.3, 0.4) is 0 Å². The second-order valence-corrected chi connectivity index (χ2v) is 9.75. The van der Waals surface area contributed by atoms with Crippen LogP contribution in [0.15, 0.2) is 57.7 Å². The van der Waals surface area contributed by atoms with Crippen molar-refractivity contribution < 1.29 is 17.6 Å². The Labute approximate surface area is 180 Å². The maximum absolute atomic E-state index is 13.0. The summed E-state index contributed by atoms with van der Waals surface area (Å²) in [6.45, 7) is 2.37. The maximum Gasteiger partial charge on any atom is 0.255 e. The van der Waals surface area contributed by atoms with Crippen LogP contribution >= 0.6 is 0 Å². The molecule has 0 radical (unpaired) electrons. The SMILES string of the molecule is Cc1c(-c2ccccc2)oc2c(C(=O)NC[C@H]3CCCN3S(C)(=O)=O)cccc2c1=O. The van der Waals surface area contributed by atoms with Crippen LogP contribution in [0.4, 0.5) is 0 Å². The molecule has 162 valence electrons. The van der Waals surface area contributed by atoms with Crippen molar-refractivity contribution in [2.45, 2.75) is 25.8 Å². The van der Waals surface area contributed by atoms with E-state index in [1.165, 1.54) is 10.6 Å².